The average Bonchev–Trinajstić information content (AvgIpc) is 2.74. The Balaban J connectivity index is 1.43. The third-order valence-corrected chi connectivity index (χ3v) is 5.43. The van der Waals surface area contributed by atoms with Crippen LogP contribution in [0, 0.1) is 0 Å². The summed E-state index contributed by atoms with van der Waals surface area (Å²) < 4.78 is 11.7. The number of phenols is 1. The monoisotopic (exact) mass is 393 g/mol. The van der Waals surface area contributed by atoms with Gasteiger partial charge in [0.05, 0.1) is 6.61 Å². The molecule has 2 heterocycles. The number of phenolic OH excluding ortho intramolecular Hbond substituents is 1. The van der Waals surface area contributed by atoms with Crippen LogP contribution in [0.25, 0.3) is 22.3 Å². The molecule has 29 heavy (non-hydrogen) atoms. The molecule has 4 rings (SSSR count). The lowest BCUT2D eigenvalue weighted by atomic mass is 10.1. The molecule has 2 aromatic carbocycles. The van der Waals surface area contributed by atoms with Gasteiger partial charge >= 0.3 is 0 Å². The van der Waals surface area contributed by atoms with Crippen molar-refractivity contribution in [1.82, 2.24) is 4.90 Å². The first-order chi connectivity index (χ1) is 14.2. The van der Waals surface area contributed by atoms with E-state index >= 15 is 0 Å². The Bertz CT molecular complexity index is 1010. The van der Waals surface area contributed by atoms with E-state index in [-0.39, 0.29) is 16.6 Å². The molecule has 0 unspecified atom stereocenters. The molecule has 1 aliphatic heterocycles. The van der Waals surface area contributed by atoms with E-state index in [1.54, 1.807) is 6.07 Å². The van der Waals surface area contributed by atoms with E-state index in [4.69, 9.17) is 9.15 Å². The highest BCUT2D eigenvalue weighted by Crippen LogP contribution is 2.31. The topological polar surface area (TPSA) is 62.9 Å². The minimum atomic E-state index is -0.268. The van der Waals surface area contributed by atoms with Crippen molar-refractivity contribution in [2.24, 2.45) is 0 Å². The van der Waals surface area contributed by atoms with Gasteiger partial charge in [-0.1, -0.05) is 36.8 Å². The molecular weight excluding hydrogens is 366 g/mol. The number of aromatic hydroxyl groups is 1. The highest BCUT2D eigenvalue weighted by atomic mass is 16.5. The van der Waals surface area contributed by atoms with E-state index < -0.39 is 0 Å². The van der Waals surface area contributed by atoms with Crippen molar-refractivity contribution < 1.29 is 14.3 Å². The maximum atomic E-state index is 12.5. The molecule has 0 spiro atoms. The number of ether oxygens (including phenoxy) is 1. The largest absolute Gasteiger partial charge is 0.507 e. The number of benzene rings is 2. The van der Waals surface area contributed by atoms with Crippen LogP contribution in [0.3, 0.4) is 0 Å². The van der Waals surface area contributed by atoms with Crippen LogP contribution in [0.2, 0.25) is 0 Å². The lowest BCUT2D eigenvalue weighted by Gasteiger charge is -2.26. The second kappa shape index (κ2) is 9.14. The van der Waals surface area contributed by atoms with Crippen LogP contribution < -0.4 is 10.2 Å². The second-order valence-electron chi connectivity index (χ2n) is 7.61. The summed E-state index contributed by atoms with van der Waals surface area (Å²) in [5, 5.41) is 10.5. The van der Waals surface area contributed by atoms with Crippen molar-refractivity contribution in [2.45, 2.75) is 32.1 Å². The molecule has 1 N–H and O–H groups in total. The Morgan fingerprint density at radius 2 is 1.79 bits per heavy atom. The minimum Gasteiger partial charge on any atom is -0.507 e. The van der Waals surface area contributed by atoms with Gasteiger partial charge in [0.15, 0.2) is 5.43 Å². The Hall–Kier alpha value is -2.79. The van der Waals surface area contributed by atoms with E-state index in [1.165, 1.54) is 44.5 Å². The van der Waals surface area contributed by atoms with Gasteiger partial charge in [-0.3, -0.25) is 4.79 Å². The quantitative estimate of drug-likeness (QED) is 0.584. The lowest BCUT2D eigenvalue weighted by Crippen LogP contribution is -2.30. The lowest BCUT2D eigenvalue weighted by molar-refractivity contribution is 0.216. The third kappa shape index (κ3) is 4.80. The van der Waals surface area contributed by atoms with Crippen LogP contribution in [-0.4, -0.2) is 36.2 Å². The predicted molar refractivity (Wildman–Crippen MR) is 115 cm³/mol. The zero-order chi connectivity index (χ0) is 20.1. The number of piperidine rings is 1. The number of rotatable bonds is 7. The molecule has 1 aliphatic rings. The summed E-state index contributed by atoms with van der Waals surface area (Å²) in [7, 11) is 0. The predicted octanol–water partition coefficient (Wildman–Crippen LogP) is 4.81. The normalized spacial score (nSPS) is 14.9. The number of nitrogens with zero attached hydrogens (tertiary/aromatic N) is 1. The molecule has 0 amide bonds. The standard InChI is InChI=1S/C24H27NO4/c26-20-15-19(28-14-8-7-13-25-11-5-2-6-12-25)16-23-24(20)21(27)17-22(29-23)18-9-3-1-4-10-18/h1,3-4,9-10,15-17,26H,2,5-8,11-14H2. The second-order valence-corrected chi connectivity index (χ2v) is 7.61. The number of hydrogen-bond donors (Lipinski definition) is 1. The van der Waals surface area contributed by atoms with Gasteiger partial charge in [0.1, 0.15) is 28.2 Å². The smallest absolute Gasteiger partial charge is 0.197 e. The molecule has 0 radical (unpaired) electrons. The minimum absolute atomic E-state index is 0.112. The maximum absolute atomic E-state index is 12.5. The van der Waals surface area contributed by atoms with Gasteiger partial charge in [-0.15, -0.1) is 0 Å². The van der Waals surface area contributed by atoms with E-state index in [9.17, 15) is 9.90 Å². The molecule has 0 bridgehead atoms. The summed E-state index contributed by atoms with van der Waals surface area (Å²) in [6.45, 7) is 4.10. The summed E-state index contributed by atoms with van der Waals surface area (Å²) in [6, 6.07) is 14.0. The highest BCUT2D eigenvalue weighted by Gasteiger charge is 2.13. The first-order valence-corrected chi connectivity index (χ1v) is 10.4. The van der Waals surface area contributed by atoms with Gasteiger partial charge in [0, 0.05) is 23.8 Å². The van der Waals surface area contributed by atoms with Crippen molar-refractivity contribution in [3.05, 3.63) is 58.8 Å². The van der Waals surface area contributed by atoms with E-state index in [1.807, 2.05) is 30.3 Å². The third-order valence-electron chi connectivity index (χ3n) is 5.43. The SMILES string of the molecule is O=c1cc(-c2ccccc2)oc2cc(OCCCCN3CCCCC3)cc(O)c12. The van der Waals surface area contributed by atoms with Gasteiger partial charge in [0.25, 0.3) is 0 Å². The molecule has 1 saturated heterocycles. The van der Waals surface area contributed by atoms with Crippen molar-refractivity contribution in [1.29, 1.82) is 0 Å². The molecule has 0 aliphatic carbocycles. The first-order valence-electron chi connectivity index (χ1n) is 10.4. The van der Waals surface area contributed by atoms with E-state index in [0.29, 0.717) is 23.7 Å². The number of unbranched alkanes of at least 4 members (excludes halogenated alkanes) is 1. The van der Waals surface area contributed by atoms with E-state index in [0.717, 1.165) is 24.9 Å². The van der Waals surface area contributed by atoms with Crippen molar-refractivity contribution in [3.63, 3.8) is 0 Å². The van der Waals surface area contributed by atoms with Gasteiger partial charge in [0.2, 0.25) is 0 Å². The summed E-state index contributed by atoms with van der Waals surface area (Å²) in [4.78, 5) is 15.0. The zero-order valence-corrected chi connectivity index (χ0v) is 16.6. The van der Waals surface area contributed by atoms with Gasteiger partial charge in [-0.05, 0) is 45.3 Å². The Morgan fingerprint density at radius 3 is 2.59 bits per heavy atom. The summed E-state index contributed by atoms with van der Waals surface area (Å²) in [5.41, 5.74) is 0.880. The zero-order valence-electron chi connectivity index (χ0n) is 16.6. The first kappa shape index (κ1) is 19.5. The molecule has 0 atom stereocenters. The molecule has 0 saturated carbocycles. The molecule has 3 aromatic rings. The average molecular weight is 393 g/mol. The van der Waals surface area contributed by atoms with Crippen molar-refractivity contribution in [2.75, 3.05) is 26.2 Å². The van der Waals surface area contributed by atoms with Gasteiger partial charge < -0.3 is 19.2 Å². The van der Waals surface area contributed by atoms with Gasteiger partial charge in [-0.2, -0.15) is 0 Å². The van der Waals surface area contributed by atoms with E-state index in [2.05, 4.69) is 4.90 Å². The van der Waals surface area contributed by atoms with Crippen molar-refractivity contribution >= 4 is 11.0 Å². The van der Waals surface area contributed by atoms with Gasteiger partial charge in [-0.25, -0.2) is 0 Å². The summed E-state index contributed by atoms with van der Waals surface area (Å²) in [5.74, 6) is 0.877. The van der Waals surface area contributed by atoms with Crippen LogP contribution in [0.5, 0.6) is 11.5 Å². The number of likely N-dealkylation sites (tertiary alicyclic amines) is 1. The molecule has 1 aromatic heterocycles. The fourth-order valence-corrected chi connectivity index (χ4v) is 3.88. The highest BCUT2D eigenvalue weighted by molar-refractivity contribution is 5.86. The molecule has 5 nitrogen and oxygen atoms in total. The van der Waals surface area contributed by atoms with Crippen LogP contribution in [0.4, 0.5) is 0 Å². The Labute approximate surface area is 170 Å². The van der Waals surface area contributed by atoms with Crippen LogP contribution in [0.15, 0.2) is 57.7 Å². The Kier molecular flexibility index (Phi) is 6.15. The number of fused-ring (bicyclic) bond motifs is 1. The van der Waals surface area contributed by atoms with Crippen LogP contribution in [0.1, 0.15) is 32.1 Å². The molecular formula is C24H27NO4. The Morgan fingerprint density at radius 1 is 1.00 bits per heavy atom. The van der Waals surface area contributed by atoms with Crippen LogP contribution in [-0.2, 0) is 0 Å². The summed E-state index contributed by atoms with van der Waals surface area (Å²) >= 11 is 0. The fraction of sp³-hybridized carbons (Fsp3) is 0.375. The molecule has 1 fully saturated rings. The number of hydrogen-bond acceptors (Lipinski definition) is 5. The fourth-order valence-electron chi connectivity index (χ4n) is 3.88. The molecule has 5 heteroatoms. The summed E-state index contributed by atoms with van der Waals surface area (Å²) in [6.07, 6.45) is 6.01. The molecule has 152 valence electrons. The maximum Gasteiger partial charge on any atom is 0.197 e. The van der Waals surface area contributed by atoms with Crippen LogP contribution >= 0.6 is 0 Å². The van der Waals surface area contributed by atoms with Crippen molar-refractivity contribution in [3.8, 4) is 22.8 Å².